The van der Waals surface area contributed by atoms with E-state index in [2.05, 4.69) is 5.32 Å². The second-order valence-corrected chi connectivity index (χ2v) is 6.24. The zero-order valence-electron chi connectivity index (χ0n) is 13.5. The molecule has 2 heterocycles. The fourth-order valence-corrected chi connectivity index (χ4v) is 3.49. The summed E-state index contributed by atoms with van der Waals surface area (Å²) in [6.07, 6.45) is 0.677. The molecule has 1 atom stereocenters. The number of aromatic hydroxyl groups is 2. The predicted molar refractivity (Wildman–Crippen MR) is 94.3 cm³/mol. The Kier molecular flexibility index (Phi) is 3.28. The zero-order chi connectivity index (χ0) is 17.7. The normalized spacial score (nSPS) is 15.5. The molecule has 1 aromatic heterocycles. The first-order valence-corrected chi connectivity index (χ1v) is 7.97. The summed E-state index contributed by atoms with van der Waals surface area (Å²) in [7, 11) is 0. The number of anilines is 1. The van der Waals surface area contributed by atoms with Crippen LogP contribution in [0.2, 0.25) is 0 Å². The zero-order valence-corrected chi connectivity index (χ0v) is 13.5. The van der Waals surface area contributed by atoms with Crippen molar-refractivity contribution in [2.45, 2.75) is 19.4 Å². The first-order chi connectivity index (χ1) is 12.0. The number of para-hydroxylation sites is 3. The van der Waals surface area contributed by atoms with Gasteiger partial charge in [-0.3, -0.25) is 9.59 Å². The highest BCUT2D eigenvalue weighted by molar-refractivity contribution is 6.10. The number of hydrogen-bond acceptors (Lipinski definition) is 4. The van der Waals surface area contributed by atoms with Gasteiger partial charge in [-0.2, -0.15) is 0 Å². The standard InChI is InChI=1S/C19H16N2O4/c1-10-9-11-5-4-6-12-16(11)21(10)19(25)15(17(12)23)18(24)20-13-7-2-3-8-14(13)22/h2-8,10,22-23H,9H2,1H3,(H,20,24). The molecule has 2 aromatic carbocycles. The fourth-order valence-electron chi connectivity index (χ4n) is 3.49. The topological polar surface area (TPSA) is 91.6 Å². The number of carbonyl (C=O) groups excluding carboxylic acids is 1. The van der Waals surface area contributed by atoms with E-state index in [0.717, 1.165) is 5.56 Å². The van der Waals surface area contributed by atoms with Crippen molar-refractivity contribution in [3.05, 3.63) is 63.9 Å². The molecule has 0 saturated heterocycles. The second-order valence-electron chi connectivity index (χ2n) is 6.24. The Morgan fingerprint density at radius 2 is 1.92 bits per heavy atom. The Morgan fingerprint density at radius 3 is 2.68 bits per heavy atom. The number of amides is 1. The van der Waals surface area contributed by atoms with Crippen molar-refractivity contribution >= 4 is 22.5 Å². The highest BCUT2D eigenvalue weighted by Crippen LogP contribution is 2.36. The Bertz CT molecular complexity index is 1080. The number of benzene rings is 2. The van der Waals surface area contributed by atoms with E-state index in [-0.39, 0.29) is 28.8 Å². The summed E-state index contributed by atoms with van der Waals surface area (Å²) in [4.78, 5) is 25.5. The van der Waals surface area contributed by atoms with Crippen molar-refractivity contribution in [3.63, 3.8) is 0 Å². The summed E-state index contributed by atoms with van der Waals surface area (Å²) in [5.41, 5.74) is 0.980. The first kappa shape index (κ1) is 15.3. The minimum absolute atomic E-state index is 0.0929. The molecule has 1 aliphatic rings. The molecule has 0 bridgehead atoms. The maximum Gasteiger partial charge on any atom is 0.268 e. The van der Waals surface area contributed by atoms with Gasteiger partial charge in [0.05, 0.1) is 11.2 Å². The van der Waals surface area contributed by atoms with Crippen molar-refractivity contribution in [1.29, 1.82) is 0 Å². The molecular formula is C19H16N2O4. The Hall–Kier alpha value is -3.28. The van der Waals surface area contributed by atoms with Crippen molar-refractivity contribution in [1.82, 2.24) is 4.57 Å². The van der Waals surface area contributed by atoms with Gasteiger partial charge >= 0.3 is 0 Å². The molecule has 0 fully saturated rings. The molecule has 3 N–H and O–H groups in total. The van der Waals surface area contributed by atoms with E-state index in [0.29, 0.717) is 17.3 Å². The first-order valence-electron chi connectivity index (χ1n) is 7.97. The average molecular weight is 336 g/mol. The summed E-state index contributed by atoms with van der Waals surface area (Å²) in [5.74, 6) is -1.20. The molecule has 25 heavy (non-hydrogen) atoms. The van der Waals surface area contributed by atoms with E-state index in [9.17, 15) is 19.8 Å². The lowest BCUT2D eigenvalue weighted by molar-refractivity contribution is 0.102. The molecule has 1 amide bonds. The van der Waals surface area contributed by atoms with Crippen molar-refractivity contribution in [3.8, 4) is 11.5 Å². The van der Waals surface area contributed by atoms with E-state index in [1.54, 1.807) is 28.8 Å². The summed E-state index contributed by atoms with van der Waals surface area (Å²) in [6.45, 7) is 1.91. The number of carbonyl (C=O) groups is 1. The van der Waals surface area contributed by atoms with Gasteiger partial charge in [0.25, 0.3) is 11.5 Å². The molecule has 3 aromatic rings. The quantitative estimate of drug-likeness (QED) is 0.628. The van der Waals surface area contributed by atoms with Gasteiger partial charge in [-0.25, -0.2) is 0 Å². The third-order valence-electron chi connectivity index (χ3n) is 4.62. The molecule has 1 aliphatic heterocycles. The van der Waals surface area contributed by atoms with Gasteiger partial charge in [-0.05, 0) is 37.1 Å². The third kappa shape index (κ3) is 2.18. The fraction of sp³-hybridized carbons (Fsp3) is 0.158. The van der Waals surface area contributed by atoms with E-state index >= 15 is 0 Å². The third-order valence-corrected chi connectivity index (χ3v) is 4.62. The Labute approximate surface area is 143 Å². The molecule has 0 radical (unpaired) electrons. The summed E-state index contributed by atoms with van der Waals surface area (Å²) < 4.78 is 1.56. The lowest BCUT2D eigenvalue weighted by Gasteiger charge is -2.14. The number of pyridine rings is 1. The van der Waals surface area contributed by atoms with E-state index in [4.69, 9.17) is 0 Å². The largest absolute Gasteiger partial charge is 0.506 e. The Morgan fingerprint density at radius 1 is 1.16 bits per heavy atom. The highest BCUT2D eigenvalue weighted by atomic mass is 16.3. The molecule has 0 saturated carbocycles. The van der Waals surface area contributed by atoms with Crippen LogP contribution in [0.5, 0.6) is 11.5 Å². The predicted octanol–water partition coefficient (Wildman–Crippen LogP) is 2.78. The summed E-state index contributed by atoms with van der Waals surface area (Å²) >= 11 is 0. The van der Waals surface area contributed by atoms with Crippen LogP contribution in [-0.4, -0.2) is 20.7 Å². The monoisotopic (exact) mass is 336 g/mol. The summed E-state index contributed by atoms with van der Waals surface area (Å²) in [5, 5.41) is 23.4. The molecule has 6 heteroatoms. The van der Waals surface area contributed by atoms with E-state index in [1.807, 2.05) is 13.0 Å². The van der Waals surface area contributed by atoms with Crippen LogP contribution in [-0.2, 0) is 6.42 Å². The lowest BCUT2D eigenvalue weighted by atomic mass is 10.1. The molecule has 126 valence electrons. The maximum atomic E-state index is 12.9. The number of phenolic OH excluding ortho intramolecular Hbond substituents is 1. The van der Waals surface area contributed by atoms with E-state index in [1.165, 1.54) is 12.1 Å². The number of hydrogen-bond donors (Lipinski definition) is 3. The van der Waals surface area contributed by atoms with Crippen molar-refractivity contribution in [2.24, 2.45) is 0 Å². The van der Waals surface area contributed by atoms with Gasteiger partial charge < -0.3 is 20.1 Å². The van der Waals surface area contributed by atoms with Crippen LogP contribution in [0.4, 0.5) is 5.69 Å². The molecule has 0 aliphatic carbocycles. The number of aromatic nitrogens is 1. The summed E-state index contributed by atoms with van der Waals surface area (Å²) in [6, 6.07) is 11.5. The molecule has 0 spiro atoms. The number of rotatable bonds is 2. The number of nitrogens with one attached hydrogen (secondary N) is 1. The highest BCUT2D eigenvalue weighted by Gasteiger charge is 2.29. The molecular weight excluding hydrogens is 320 g/mol. The average Bonchev–Trinajstić information content (AvgIpc) is 2.92. The van der Waals surface area contributed by atoms with Crippen LogP contribution in [0.15, 0.2) is 47.3 Å². The molecule has 4 rings (SSSR count). The van der Waals surface area contributed by atoms with Crippen LogP contribution in [0.1, 0.15) is 28.9 Å². The SMILES string of the molecule is CC1Cc2cccc3c(O)c(C(=O)Nc4ccccc4O)c(=O)n1c23. The van der Waals surface area contributed by atoms with Gasteiger partial charge in [0.1, 0.15) is 17.1 Å². The van der Waals surface area contributed by atoms with E-state index < -0.39 is 11.5 Å². The van der Waals surface area contributed by atoms with Gasteiger partial charge in [-0.15, -0.1) is 0 Å². The van der Waals surface area contributed by atoms with Gasteiger partial charge in [0, 0.05) is 11.4 Å². The molecule has 6 nitrogen and oxygen atoms in total. The smallest absolute Gasteiger partial charge is 0.268 e. The van der Waals surface area contributed by atoms with Gasteiger partial charge in [0.2, 0.25) is 0 Å². The van der Waals surface area contributed by atoms with Crippen LogP contribution in [0, 0.1) is 0 Å². The number of nitrogens with zero attached hydrogens (tertiary/aromatic N) is 1. The lowest BCUT2D eigenvalue weighted by Crippen LogP contribution is -2.30. The minimum Gasteiger partial charge on any atom is -0.506 e. The van der Waals surface area contributed by atoms with Gasteiger partial charge in [0.15, 0.2) is 0 Å². The maximum absolute atomic E-state index is 12.9. The second kappa shape index (κ2) is 5.37. The van der Waals surface area contributed by atoms with Crippen molar-refractivity contribution in [2.75, 3.05) is 5.32 Å². The minimum atomic E-state index is -0.751. The van der Waals surface area contributed by atoms with Gasteiger partial charge in [-0.1, -0.05) is 24.3 Å². The number of phenols is 1. The van der Waals surface area contributed by atoms with Crippen LogP contribution >= 0.6 is 0 Å². The van der Waals surface area contributed by atoms with Crippen LogP contribution < -0.4 is 10.9 Å². The van der Waals surface area contributed by atoms with Crippen molar-refractivity contribution < 1.29 is 15.0 Å². The Balaban J connectivity index is 1.91. The van der Waals surface area contributed by atoms with Crippen LogP contribution in [0.3, 0.4) is 0 Å². The molecule has 1 unspecified atom stereocenters. The van der Waals surface area contributed by atoms with Crippen LogP contribution in [0.25, 0.3) is 10.9 Å².